The van der Waals surface area contributed by atoms with E-state index in [4.69, 9.17) is 0 Å². The molecule has 0 bridgehead atoms. The standard InChI is InChI=1S/C26H29FN6O/c1-15(17-7-8-17)9-21(28-2)19-10-16(11-20(27)12-19)13-29-26(34)23-22-25(31-14-30-23)33-24(32-22)18-5-3-4-6-18/h9-12,14,17-18H,3-8,13H2,1-2H3,(H,29,34)(H,30,31,32,33)/b15-9-,28-21?. The van der Waals surface area contributed by atoms with E-state index in [-0.39, 0.29) is 24.0 Å². The maximum Gasteiger partial charge on any atom is 0.272 e. The number of rotatable bonds is 7. The summed E-state index contributed by atoms with van der Waals surface area (Å²) < 4.78 is 14.4. The number of amides is 1. The first-order chi connectivity index (χ1) is 16.5. The first kappa shape index (κ1) is 22.4. The number of H-pyrrole nitrogens is 1. The first-order valence-electron chi connectivity index (χ1n) is 12.0. The Balaban J connectivity index is 1.33. The smallest absolute Gasteiger partial charge is 0.272 e. The van der Waals surface area contributed by atoms with Crippen molar-refractivity contribution in [2.45, 2.75) is 57.9 Å². The normalized spacial score (nSPS) is 17.5. The average molecular weight is 461 g/mol. The van der Waals surface area contributed by atoms with Gasteiger partial charge in [0.15, 0.2) is 11.3 Å². The van der Waals surface area contributed by atoms with Gasteiger partial charge in [-0.2, -0.15) is 0 Å². The Morgan fingerprint density at radius 2 is 2.00 bits per heavy atom. The maximum atomic E-state index is 14.4. The molecule has 2 saturated carbocycles. The number of hydrogen-bond acceptors (Lipinski definition) is 5. The lowest BCUT2D eigenvalue weighted by Gasteiger charge is -2.09. The summed E-state index contributed by atoms with van der Waals surface area (Å²) in [6.07, 6.45) is 10.4. The number of halogens is 1. The van der Waals surface area contributed by atoms with Gasteiger partial charge in [-0.15, -0.1) is 0 Å². The molecule has 0 spiro atoms. The first-order valence-corrected chi connectivity index (χ1v) is 12.0. The molecule has 8 heteroatoms. The molecule has 2 aromatic heterocycles. The van der Waals surface area contributed by atoms with Gasteiger partial charge in [0.1, 0.15) is 23.5 Å². The minimum absolute atomic E-state index is 0.168. The number of imidazole rings is 1. The van der Waals surface area contributed by atoms with Crippen LogP contribution in [0.5, 0.6) is 0 Å². The number of allylic oxidation sites excluding steroid dienone is 2. The Hall–Kier alpha value is -3.42. The number of nitrogens with zero attached hydrogens (tertiary/aromatic N) is 4. The van der Waals surface area contributed by atoms with E-state index in [1.54, 1.807) is 7.05 Å². The molecule has 2 heterocycles. The Morgan fingerprint density at radius 3 is 2.74 bits per heavy atom. The highest BCUT2D eigenvalue weighted by Crippen LogP contribution is 2.36. The number of carbonyl (C=O) groups is 1. The van der Waals surface area contributed by atoms with E-state index in [9.17, 15) is 9.18 Å². The van der Waals surface area contributed by atoms with Gasteiger partial charge in [0.05, 0.1) is 5.71 Å². The molecule has 2 fully saturated rings. The lowest BCUT2D eigenvalue weighted by atomic mass is 10.0. The van der Waals surface area contributed by atoms with Crippen molar-refractivity contribution in [2.75, 3.05) is 7.05 Å². The Labute approximate surface area is 198 Å². The van der Waals surface area contributed by atoms with Gasteiger partial charge >= 0.3 is 0 Å². The van der Waals surface area contributed by atoms with Crippen LogP contribution >= 0.6 is 0 Å². The third-order valence-electron chi connectivity index (χ3n) is 6.80. The third kappa shape index (κ3) is 4.76. The van der Waals surface area contributed by atoms with Crippen LogP contribution in [0.1, 0.15) is 78.8 Å². The summed E-state index contributed by atoms with van der Waals surface area (Å²) in [6, 6.07) is 4.78. The van der Waals surface area contributed by atoms with E-state index < -0.39 is 0 Å². The number of aliphatic imine (C=N–C) groups is 1. The molecule has 7 nitrogen and oxygen atoms in total. The molecule has 176 valence electrons. The molecule has 1 amide bonds. The average Bonchev–Trinajstić information content (AvgIpc) is 3.36. The van der Waals surface area contributed by atoms with Crippen LogP contribution in [0.15, 0.2) is 41.2 Å². The van der Waals surface area contributed by atoms with Crippen molar-refractivity contribution in [1.29, 1.82) is 0 Å². The largest absolute Gasteiger partial charge is 0.347 e. The van der Waals surface area contributed by atoms with Crippen LogP contribution in [0.4, 0.5) is 4.39 Å². The van der Waals surface area contributed by atoms with E-state index >= 15 is 0 Å². The number of nitrogens with one attached hydrogen (secondary N) is 2. The molecule has 3 aromatic rings. The van der Waals surface area contributed by atoms with E-state index in [0.717, 1.165) is 24.4 Å². The van der Waals surface area contributed by atoms with Crippen LogP contribution in [-0.2, 0) is 6.54 Å². The fourth-order valence-corrected chi connectivity index (χ4v) is 4.73. The van der Waals surface area contributed by atoms with Crippen LogP contribution in [0.3, 0.4) is 0 Å². The van der Waals surface area contributed by atoms with Crippen LogP contribution in [0.25, 0.3) is 11.2 Å². The lowest BCUT2D eigenvalue weighted by molar-refractivity contribution is 0.0947. The number of fused-ring (bicyclic) bond motifs is 1. The number of aromatic nitrogens is 4. The van der Waals surface area contributed by atoms with Gasteiger partial charge in [-0.1, -0.05) is 18.4 Å². The van der Waals surface area contributed by atoms with Crippen LogP contribution in [0, 0.1) is 11.7 Å². The summed E-state index contributed by atoms with van der Waals surface area (Å²) in [6.45, 7) is 2.26. The van der Waals surface area contributed by atoms with Gasteiger partial charge in [0, 0.05) is 25.1 Å². The van der Waals surface area contributed by atoms with E-state index in [1.807, 2.05) is 12.1 Å². The molecular formula is C26H29FN6O. The quantitative estimate of drug-likeness (QED) is 0.493. The predicted octanol–water partition coefficient (Wildman–Crippen LogP) is 4.85. The van der Waals surface area contributed by atoms with E-state index in [0.29, 0.717) is 34.1 Å². The molecule has 0 aliphatic heterocycles. The summed E-state index contributed by atoms with van der Waals surface area (Å²) in [5.41, 5.74) is 4.65. The van der Waals surface area contributed by atoms with Crippen molar-refractivity contribution in [2.24, 2.45) is 10.9 Å². The van der Waals surface area contributed by atoms with Gasteiger partial charge < -0.3 is 10.3 Å². The highest BCUT2D eigenvalue weighted by Gasteiger charge is 2.24. The molecule has 2 aliphatic rings. The van der Waals surface area contributed by atoms with Crippen molar-refractivity contribution < 1.29 is 9.18 Å². The van der Waals surface area contributed by atoms with E-state index in [2.05, 4.69) is 37.2 Å². The van der Waals surface area contributed by atoms with Crippen molar-refractivity contribution in [3.8, 4) is 0 Å². The molecular weight excluding hydrogens is 431 g/mol. The zero-order valence-corrected chi connectivity index (χ0v) is 19.6. The second-order valence-electron chi connectivity index (χ2n) is 9.33. The van der Waals surface area contributed by atoms with Gasteiger partial charge in [0.25, 0.3) is 5.91 Å². The van der Waals surface area contributed by atoms with Gasteiger partial charge in [-0.05, 0) is 68.4 Å². The second-order valence-corrected chi connectivity index (χ2v) is 9.33. The number of benzene rings is 1. The monoisotopic (exact) mass is 460 g/mol. The maximum absolute atomic E-state index is 14.4. The molecule has 2 N–H and O–H groups in total. The highest BCUT2D eigenvalue weighted by atomic mass is 19.1. The zero-order chi connectivity index (χ0) is 23.7. The minimum Gasteiger partial charge on any atom is -0.347 e. The summed E-state index contributed by atoms with van der Waals surface area (Å²) in [5, 5.41) is 2.87. The van der Waals surface area contributed by atoms with Crippen LogP contribution < -0.4 is 5.32 Å². The summed E-state index contributed by atoms with van der Waals surface area (Å²) >= 11 is 0. The summed E-state index contributed by atoms with van der Waals surface area (Å²) in [4.78, 5) is 33.6. The fourth-order valence-electron chi connectivity index (χ4n) is 4.73. The topological polar surface area (TPSA) is 95.9 Å². The summed E-state index contributed by atoms with van der Waals surface area (Å²) in [5.74, 6) is 1.15. The SMILES string of the molecule is CN=C(/C=C(/C)C1CC1)c1cc(F)cc(CNC(=O)c2ncnc3nc(C4CCCC4)[nH]c23)c1. The molecule has 0 unspecified atom stereocenters. The van der Waals surface area contributed by atoms with Crippen molar-refractivity contribution in [1.82, 2.24) is 25.3 Å². The third-order valence-corrected chi connectivity index (χ3v) is 6.80. The van der Waals surface area contributed by atoms with Crippen molar-refractivity contribution in [3.05, 3.63) is 64.6 Å². The lowest BCUT2D eigenvalue weighted by Crippen LogP contribution is -2.24. The molecule has 0 radical (unpaired) electrons. The van der Waals surface area contributed by atoms with Crippen molar-refractivity contribution in [3.63, 3.8) is 0 Å². The number of carbonyl (C=O) groups excluding carboxylic acids is 1. The molecule has 5 rings (SSSR count). The second kappa shape index (κ2) is 9.44. The summed E-state index contributed by atoms with van der Waals surface area (Å²) in [7, 11) is 1.71. The Morgan fingerprint density at radius 1 is 1.21 bits per heavy atom. The van der Waals surface area contributed by atoms with Crippen molar-refractivity contribution >= 4 is 22.8 Å². The molecule has 0 saturated heterocycles. The number of hydrogen-bond donors (Lipinski definition) is 2. The van der Waals surface area contributed by atoms with Crippen LogP contribution in [0.2, 0.25) is 0 Å². The Bertz CT molecular complexity index is 1280. The van der Waals surface area contributed by atoms with Gasteiger partial charge in [0.2, 0.25) is 0 Å². The van der Waals surface area contributed by atoms with Crippen LogP contribution in [-0.4, -0.2) is 38.6 Å². The van der Waals surface area contributed by atoms with Gasteiger partial charge in [-0.3, -0.25) is 9.79 Å². The van der Waals surface area contributed by atoms with E-state index in [1.165, 1.54) is 49.7 Å². The predicted molar refractivity (Wildman–Crippen MR) is 129 cm³/mol. The minimum atomic E-state index is -0.362. The highest BCUT2D eigenvalue weighted by molar-refractivity contribution is 6.09. The molecule has 0 atom stereocenters. The number of aromatic amines is 1. The Kier molecular flexibility index (Phi) is 6.22. The molecule has 1 aromatic carbocycles. The fraction of sp³-hybridized carbons (Fsp3) is 0.423. The molecule has 34 heavy (non-hydrogen) atoms. The molecule has 2 aliphatic carbocycles. The zero-order valence-electron chi connectivity index (χ0n) is 19.6. The van der Waals surface area contributed by atoms with Gasteiger partial charge in [-0.25, -0.2) is 19.3 Å².